The summed E-state index contributed by atoms with van der Waals surface area (Å²) in [5.74, 6) is -1.59. The zero-order valence-electron chi connectivity index (χ0n) is 10.8. The van der Waals surface area contributed by atoms with Gasteiger partial charge in [0.25, 0.3) is 0 Å². The van der Waals surface area contributed by atoms with Gasteiger partial charge < -0.3 is 10.6 Å². The summed E-state index contributed by atoms with van der Waals surface area (Å²) in [5.41, 5.74) is -1.18. The summed E-state index contributed by atoms with van der Waals surface area (Å²) in [6.07, 6.45) is -4.48. The van der Waals surface area contributed by atoms with Crippen molar-refractivity contribution < 1.29 is 26.7 Å². The van der Waals surface area contributed by atoms with Gasteiger partial charge in [-0.05, 0) is 36.4 Å². The molecule has 2 rings (SSSR count). The Morgan fingerprint density at radius 2 is 1.55 bits per heavy atom. The highest BCUT2D eigenvalue weighted by atomic mass is 19.4. The highest BCUT2D eigenvalue weighted by Gasteiger charge is 2.29. The zero-order valence-corrected chi connectivity index (χ0v) is 10.8. The lowest BCUT2D eigenvalue weighted by Crippen LogP contribution is -2.20. The van der Waals surface area contributed by atoms with Crippen molar-refractivity contribution in [3.63, 3.8) is 0 Å². The van der Waals surface area contributed by atoms with Crippen molar-refractivity contribution in [2.75, 3.05) is 10.6 Å². The molecule has 0 saturated heterocycles. The van der Waals surface area contributed by atoms with Crippen LogP contribution in [-0.4, -0.2) is 6.03 Å². The molecule has 0 spiro atoms. The van der Waals surface area contributed by atoms with Crippen molar-refractivity contribution in [1.29, 1.82) is 0 Å². The number of benzene rings is 2. The Labute approximate surface area is 121 Å². The number of hydrogen-bond donors (Lipinski definition) is 2. The molecule has 22 heavy (non-hydrogen) atoms. The Balaban J connectivity index is 2.04. The van der Waals surface area contributed by atoms with Crippen molar-refractivity contribution >= 4 is 17.4 Å². The number of halogens is 5. The van der Waals surface area contributed by atoms with Crippen molar-refractivity contribution in [2.24, 2.45) is 0 Å². The van der Waals surface area contributed by atoms with Crippen LogP contribution >= 0.6 is 0 Å². The van der Waals surface area contributed by atoms with E-state index in [1.54, 1.807) is 0 Å². The van der Waals surface area contributed by atoms with Crippen LogP contribution in [0.15, 0.2) is 42.5 Å². The molecule has 0 aliphatic carbocycles. The molecule has 0 aliphatic rings. The van der Waals surface area contributed by atoms with E-state index in [0.29, 0.717) is 0 Å². The maximum absolute atomic E-state index is 13.3. The van der Waals surface area contributed by atoms with E-state index >= 15 is 0 Å². The van der Waals surface area contributed by atoms with Gasteiger partial charge in [0.05, 0.1) is 11.3 Å². The fourth-order valence-electron chi connectivity index (χ4n) is 1.62. The molecule has 0 bridgehead atoms. The van der Waals surface area contributed by atoms with Crippen molar-refractivity contribution in [3.8, 4) is 0 Å². The smallest absolute Gasteiger partial charge is 0.308 e. The van der Waals surface area contributed by atoms with Gasteiger partial charge >= 0.3 is 12.2 Å². The standard InChI is InChI=1S/C14H9F5N2O/c15-9-3-6-11(16)12(7-9)21-13(22)20-10-4-1-8(2-5-10)14(17,18)19/h1-7H,(H2,20,21,22). The van der Waals surface area contributed by atoms with Crippen molar-refractivity contribution in [1.82, 2.24) is 0 Å². The number of hydrogen-bond acceptors (Lipinski definition) is 1. The predicted octanol–water partition coefficient (Wildman–Crippen LogP) is 4.63. The number of carbonyl (C=O) groups is 1. The first-order valence-electron chi connectivity index (χ1n) is 5.96. The third kappa shape index (κ3) is 3.94. The van der Waals surface area contributed by atoms with Gasteiger partial charge in [-0.1, -0.05) is 0 Å². The van der Waals surface area contributed by atoms with Crippen LogP contribution < -0.4 is 10.6 Å². The minimum Gasteiger partial charge on any atom is -0.308 e. The first-order chi connectivity index (χ1) is 10.3. The summed E-state index contributed by atoms with van der Waals surface area (Å²) in [5, 5.41) is 4.27. The summed E-state index contributed by atoms with van der Waals surface area (Å²) in [6, 6.07) is 5.26. The van der Waals surface area contributed by atoms with Crippen LogP contribution in [0.5, 0.6) is 0 Å². The van der Waals surface area contributed by atoms with E-state index in [0.717, 1.165) is 42.5 Å². The van der Waals surface area contributed by atoms with Crippen molar-refractivity contribution in [2.45, 2.75) is 6.18 Å². The molecule has 3 nitrogen and oxygen atoms in total. The number of rotatable bonds is 2. The molecule has 2 aromatic rings. The van der Waals surface area contributed by atoms with Crippen LogP contribution in [0.25, 0.3) is 0 Å². The third-order valence-corrected chi connectivity index (χ3v) is 2.65. The van der Waals surface area contributed by atoms with Gasteiger partial charge in [-0.15, -0.1) is 0 Å². The molecule has 0 aromatic heterocycles. The normalized spacial score (nSPS) is 11.1. The van der Waals surface area contributed by atoms with Crippen LogP contribution in [-0.2, 0) is 6.18 Å². The van der Waals surface area contributed by atoms with E-state index in [1.807, 2.05) is 0 Å². The Morgan fingerprint density at radius 1 is 0.909 bits per heavy atom. The molecule has 0 radical (unpaired) electrons. The van der Waals surface area contributed by atoms with E-state index in [-0.39, 0.29) is 11.4 Å². The molecule has 2 amide bonds. The summed E-state index contributed by atoms with van der Waals surface area (Å²) in [4.78, 5) is 11.6. The minimum atomic E-state index is -4.48. The monoisotopic (exact) mass is 316 g/mol. The maximum atomic E-state index is 13.3. The molecule has 8 heteroatoms. The SMILES string of the molecule is O=C(Nc1ccc(C(F)(F)F)cc1)Nc1cc(F)ccc1F. The number of nitrogens with one attached hydrogen (secondary N) is 2. The lowest BCUT2D eigenvalue weighted by molar-refractivity contribution is -0.137. The van der Waals surface area contributed by atoms with Gasteiger partial charge in [-0.3, -0.25) is 0 Å². The van der Waals surface area contributed by atoms with Gasteiger partial charge in [-0.2, -0.15) is 13.2 Å². The Hall–Kier alpha value is -2.64. The molecule has 0 heterocycles. The van der Waals surface area contributed by atoms with E-state index in [4.69, 9.17) is 0 Å². The Bertz CT molecular complexity index is 683. The zero-order chi connectivity index (χ0) is 16.3. The number of carbonyl (C=O) groups excluding carboxylic acids is 1. The molecule has 0 aliphatic heterocycles. The van der Waals surface area contributed by atoms with Gasteiger partial charge in [0.15, 0.2) is 0 Å². The first-order valence-corrected chi connectivity index (χ1v) is 5.96. The largest absolute Gasteiger partial charge is 0.416 e. The molecule has 116 valence electrons. The molecule has 2 aromatic carbocycles. The fraction of sp³-hybridized carbons (Fsp3) is 0.0714. The summed E-state index contributed by atoms with van der Waals surface area (Å²) in [7, 11) is 0. The fourth-order valence-corrected chi connectivity index (χ4v) is 1.62. The number of anilines is 2. The minimum absolute atomic E-state index is 0.0716. The van der Waals surface area contributed by atoms with Gasteiger partial charge in [0, 0.05) is 11.8 Å². The highest BCUT2D eigenvalue weighted by molar-refractivity contribution is 5.99. The first kappa shape index (κ1) is 15.7. The maximum Gasteiger partial charge on any atom is 0.416 e. The average molecular weight is 316 g/mol. The average Bonchev–Trinajstić information content (AvgIpc) is 2.42. The van der Waals surface area contributed by atoms with Crippen LogP contribution in [0.2, 0.25) is 0 Å². The molecule has 0 unspecified atom stereocenters. The molecule has 0 atom stereocenters. The second-order valence-corrected chi connectivity index (χ2v) is 4.28. The van der Waals surface area contributed by atoms with Crippen LogP contribution in [0, 0.1) is 11.6 Å². The number of amides is 2. The summed E-state index contributed by atoms with van der Waals surface area (Å²) >= 11 is 0. The number of urea groups is 1. The lowest BCUT2D eigenvalue weighted by atomic mass is 10.2. The molecule has 0 saturated carbocycles. The number of alkyl halides is 3. The van der Waals surface area contributed by atoms with E-state index in [2.05, 4.69) is 10.6 Å². The van der Waals surface area contributed by atoms with Gasteiger partial charge in [0.1, 0.15) is 11.6 Å². The molecule has 2 N–H and O–H groups in total. The van der Waals surface area contributed by atoms with Crippen LogP contribution in [0.3, 0.4) is 0 Å². The van der Waals surface area contributed by atoms with Crippen molar-refractivity contribution in [3.05, 3.63) is 59.7 Å². The van der Waals surface area contributed by atoms with Crippen LogP contribution in [0.1, 0.15) is 5.56 Å². The van der Waals surface area contributed by atoms with E-state index in [1.165, 1.54) is 0 Å². The Morgan fingerprint density at radius 3 is 2.14 bits per heavy atom. The van der Waals surface area contributed by atoms with E-state index < -0.39 is 29.4 Å². The third-order valence-electron chi connectivity index (χ3n) is 2.65. The second-order valence-electron chi connectivity index (χ2n) is 4.28. The molecular weight excluding hydrogens is 307 g/mol. The highest BCUT2D eigenvalue weighted by Crippen LogP contribution is 2.29. The Kier molecular flexibility index (Phi) is 4.30. The quantitative estimate of drug-likeness (QED) is 0.779. The molecule has 0 fully saturated rings. The molecular formula is C14H9F5N2O. The van der Waals surface area contributed by atoms with E-state index in [9.17, 15) is 26.7 Å². The van der Waals surface area contributed by atoms with Gasteiger partial charge in [-0.25, -0.2) is 13.6 Å². The van der Waals surface area contributed by atoms with Crippen LogP contribution in [0.4, 0.5) is 38.1 Å². The summed E-state index contributed by atoms with van der Waals surface area (Å²) < 4.78 is 63.4. The van der Waals surface area contributed by atoms with Gasteiger partial charge in [0.2, 0.25) is 0 Å². The topological polar surface area (TPSA) is 41.1 Å². The second kappa shape index (κ2) is 6.00. The predicted molar refractivity (Wildman–Crippen MR) is 70.4 cm³/mol. The summed E-state index contributed by atoms with van der Waals surface area (Å²) in [6.45, 7) is 0. The lowest BCUT2D eigenvalue weighted by Gasteiger charge is -2.10.